The number of nitrogens with zero attached hydrogens (tertiary/aromatic N) is 2. The van der Waals surface area contributed by atoms with Gasteiger partial charge in [-0.2, -0.15) is 0 Å². The van der Waals surface area contributed by atoms with Crippen molar-refractivity contribution in [3.8, 4) is 0 Å². The Balaban J connectivity index is 2.02. The molecule has 1 atom stereocenters. The summed E-state index contributed by atoms with van der Waals surface area (Å²) in [7, 11) is -4.12. The van der Waals surface area contributed by atoms with Crippen LogP contribution in [-0.2, 0) is 26.2 Å². The van der Waals surface area contributed by atoms with Gasteiger partial charge < -0.3 is 10.2 Å². The SMILES string of the molecule is CC[C@H](C(=O)NCC(C)C)N(Cc1ccccc1)C(=O)CN(c1cccc(Cl)c1)S(=O)(=O)c1ccccc1. The number of carbonyl (C=O) groups is 2. The van der Waals surface area contributed by atoms with Crippen molar-refractivity contribution in [2.45, 2.75) is 44.7 Å². The highest BCUT2D eigenvalue weighted by Crippen LogP contribution is 2.27. The van der Waals surface area contributed by atoms with E-state index in [1.54, 1.807) is 36.4 Å². The van der Waals surface area contributed by atoms with Crippen LogP contribution in [0.5, 0.6) is 0 Å². The summed E-state index contributed by atoms with van der Waals surface area (Å²) in [6.07, 6.45) is 0.366. The van der Waals surface area contributed by atoms with Crippen LogP contribution in [0.25, 0.3) is 0 Å². The number of hydrogen-bond donors (Lipinski definition) is 1. The molecule has 0 heterocycles. The van der Waals surface area contributed by atoms with Gasteiger partial charge in [0.15, 0.2) is 0 Å². The van der Waals surface area contributed by atoms with Crippen LogP contribution in [0, 0.1) is 5.92 Å². The normalized spacial score (nSPS) is 12.1. The zero-order chi connectivity index (χ0) is 27.7. The van der Waals surface area contributed by atoms with Gasteiger partial charge in [0.2, 0.25) is 11.8 Å². The molecule has 0 radical (unpaired) electrons. The summed E-state index contributed by atoms with van der Waals surface area (Å²) < 4.78 is 28.5. The molecule has 3 aromatic carbocycles. The Labute approximate surface area is 230 Å². The van der Waals surface area contributed by atoms with Crippen LogP contribution in [0.4, 0.5) is 5.69 Å². The maximum Gasteiger partial charge on any atom is 0.264 e. The third-order valence-corrected chi connectivity index (χ3v) is 8.00. The summed E-state index contributed by atoms with van der Waals surface area (Å²) in [5, 5.41) is 3.26. The van der Waals surface area contributed by atoms with Crippen molar-refractivity contribution < 1.29 is 18.0 Å². The van der Waals surface area contributed by atoms with Crippen LogP contribution in [0.15, 0.2) is 89.8 Å². The van der Waals surface area contributed by atoms with E-state index in [1.165, 1.54) is 23.1 Å². The van der Waals surface area contributed by atoms with E-state index in [0.29, 0.717) is 18.0 Å². The molecule has 0 bridgehead atoms. The Hall–Kier alpha value is -3.36. The van der Waals surface area contributed by atoms with E-state index in [4.69, 9.17) is 11.6 Å². The fourth-order valence-electron chi connectivity index (χ4n) is 4.00. The predicted molar refractivity (Wildman–Crippen MR) is 151 cm³/mol. The van der Waals surface area contributed by atoms with E-state index < -0.39 is 28.5 Å². The minimum Gasteiger partial charge on any atom is -0.354 e. The quantitative estimate of drug-likeness (QED) is 0.336. The van der Waals surface area contributed by atoms with Crippen molar-refractivity contribution in [2.75, 3.05) is 17.4 Å². The number of rotatable bonds is 12. The summed E-state index contributed by atoms with van der Waals surface area (Å²) >= 11 is 6.20. The van der Waals surface area contributed by atoms with Crippen LogP contribution in [-0.4, -0.2) is 44.3 Å². The molecular formula is C29H34ClN3O4S. The Bertz CT molecular complexity index is 1320. The monoisotopic (exact) mass is 555 g/mol. The fourth-order valence-corrected chi connectivity index (χ4v) is 5.61. The smallest absolute Gasteiger partial charge is 0.264 e. The average Bonchev–Trinajstić information content (AvgIpc) is 2.91. The van der Waals surface area contributed by atoms with Gasteiger partial charge in [0.25, 0.3) is 10.0 Å². The molecule has 0 aliphatic carbocycles. The molecule has 202 valence electrons. The second kappa shape index (κ2) is 13.4. The topological polar surface area (TPSA) is 86.8 Å². The van der Waals surface area contributed by atoms with E-state index >= 15 is 0 Å². The van der Waals surface area contributed by atoms with Crippen LogP contribution in [0.1, 0.15) is 32.8 Å². The van der Waals surface area contributed by atoms with Crippen molar-refractivity contribution in [3.05, 3.63) is 95.5 Å². The van der Waals surface area contributed by atoms with Gasteiger partial charge in [0.05, 0.1) is 10.6 Å². The largest absolute Gasteiger partial charge is 0.354 e. The molecule has 0 aliphatic heterocycles. The minimum atomic E-state index is -4.12. The van der Waals surface area contributed by atoms with Crippen LogP contribution in [0.2, 0.25) is 5.02 Å². The molecule has 0 unspecified atom stereocenters. The van der Waals surface area contributed by atoms with Gasteiger partial charge in [-0.3, -0.25) is 13.9 Å². The van der Waals surface area contributed by atoms with Crippen molar-refractivity contribution in [1.29, 1.82) is 0 Å². The van der Waals surface area contributed by atoms with Gasteiger partial charge in [-0.15, -0.1) is 0 Å². The Morgan fingerprint density at radius 1 is 0.921 bits per heavy atom. The molecule has 9 heteroatoms. The Morgan fingerprint density at radius 3 is 2.13 bits per heavy atom. The third-order valence-electron chi connectivity index (χ3n) is 5.97. The van der Waals surface area contributed by atoms with Gasteiger partial charge in [-0.25, -0.2) is 8.42 Å². The summed E-state index contributed by atoms with van der Waals surface area (Å²) in [5.41, 5.74) is 1.09. The lowest BCUT2D eigenvalue weighted by Crippen LogP contribution is -2.52. The van der Waals surface area contributed by atoms with Gasteiger partial charge in [0.1, 0.15) is 12.6 Å². The Kier molecular flexibility index (Phi) is 10.3. The van der Waals surface area contributed by atoms with Crippen molar-refractivity contribution >= 4 is 39.1 Å². The molecule has 1 N–H and O–H groups in total. The summed E-state index contributed by atoms with van der Waals surface area (Å²) in [5.74, 6) is -0.533. The first kappa shape index (κ1) is 29.2. The summed E-state index contributed by atoms with van der Waals surface area (Å²) in [4.78, 5) is 28.6. The first-order chi connectivity index (χ1) is 18.1. The lowest BCUT2D eigenvalue weighted by atomic mass is 10.1. The van der Waals surface area contributed by atoms with Gasteiger partial charge in [-0.1, -0.05) is 87.0 Å². The zero-order valence-corrected chi connectivity index (χ0v) is 23.5. The lowest BCUT2D eigenvalue weighted by Gasteiger charge is -2.33. The minimum absolute atomic E-state index is 0.0455. The molecule has 38 heavy (non-hydrogen) atoms. The first-order valence-corrected chi connectivity index (χ1v) is 14.4. The summed E-state index contributed by atoms with van der Waals surface area (Å²) in [6.45, 7) is 5.94. The van der Waals surface area contributed by atoms with Crippen molar-refractivity contribution in [3.63, 3.8) is 0 Å². The Morgan fingerprint density at radius 2 is 1.55 bits per heavy atom. The van der Waals surface area contributed by atoms with Crippen LogP contribution < -0.4 is 9.62 Å². The van der Waals surface area contributed by atoms with E-state index in [2.05, 4.69) is 5.32 Å². The number of benzene rings is 3. The second-order valence-electron chi connectivity index (χ2n) is 9.37. The predicted octanol–water partition coefficient (Wildman–Crippen LogP) is 5.11. The number of anilines is 1. The molecule has 0 aliphatic rings. The van der Waals surface area contributed by atoms with Crippen LogP contribution >= 0.6 is 11.6 Å². The number of carbonyl (C=O) groups excluding carboxylic acids is 2. The first-order valence-electron chi connectivity index (χ1n) is 12.6. The molecule has 3 aromatic rings. The highest BCUT2D eigenvalue weighted by Gasteiger charge is 2.33. The highest BCUT2D eigenvalue weighted by molar-refractivity contribution is 7.92. The van der Waals surface area contributed by atoms with E-state index in [-0.39, 0.29) is 29.0 Å². The molecule has 2 amide bonds. The highest BCUT2D eigenvalue weighted by atomic mass is 35.5. The molecule has 0 spiro atoms. The van der Waals surface area contributed by atoms with E-state index in [9.17, 15) is 18.0 Å². The number of amides is 2. The number of sulfonamides is 1. The fraction of sp³-hybridized carbons (Fsp3) is 0.310. The van der Waals surface area contributed by atoms with E-state index in [0.717, 1.165) is 9.87 Å². The average molecular weight is 556 g/mol. The summed E-state index contributed by atoms with van der Waals surface area (Å²) in [6, 6.07) is 22.8. The molecular weight excluding hydrogens is 522 g/mol. The third kappa shape index (κ3) is 7.58. The maximum absolute atomic E-state index is 13.9. The molecule has 7 nitrogen and oxygen atoms in total. The molecule has 0 saturated carbocycles. The molecule has 0 aromatic heterocycles. The van der Waals surface area contributed by atoms with Gasteiger partial charge in [0, 0.05) is 18.1 Å². The molecule has 0 saturated heterocycles. The zero-order valence-electron chi connectivity index (χ0n) is 21.9. The number of hydrogen-bond acceptors (Lipinski definition) is 4. The molecule has 0 fully saturated rings. The standard InChI is InChI=1S/C29H34ClN3O4S/c1-4-27(29(35)31-19-22(2)3)32(20-23-12-7-5-8-13-23)28(34)21-33(25-15-11-14-24(30)18-25)38(36,37)26-16-9-6-10-17-26/h5-18,22,27H,4,19-21H2,1-3H3,(H,31,35)/t27-/m1/s1. The maximum atomic E-state index is 13.9. The number of halogens is 1. The van der Waals surface area contributed by atoms with Crippen LogP contribution in [0.3, 0.4) is 0 Å². The van der Waals surface area contributed by atoms with Crippen molar-refractivity contribution in [1.82, 2.24) is 10.2 Å². The van der Waals surface area contributed by atoms with Gasteiger partial charge >= 0.3 is 0 Å². The molecule has 3 rings (SSSR count). The van der Waals surface area contributed by atoms with E-state index in [1.807, 2.05) is 51.1 Å². The second-order valence-corrected chi connectivity index (χ2v) is 11.7. The van der Waals surface area contributed by atoms with Crippen molar-refractivity contribution in [2.24, 2.45) is 5.92 Å². The number of nitrogens with one attached hydrogen (secondary N) is 1. The van der Waals surface area contributed by atoms with Gasteiger partial charge in [-0.05, 0) is 48.2 Å². The lowest BCUT2D eigenvalue weighted by molar-refractivity contribution is -0.140.